The molecule has 0 spiro atoms. The zero-order valence-corrected chi connectivity index (χ0v) is 21.3. The highest BCUT2D eigenvalue weighted by atomic mass is 32.3. The average Bonchev–Trinajstić information content (AvgIpc) is 2.70. The zero-order chi connectivity index (χ0) is 22.5. The number of unbranched alkanes of at least 4 members (excludes halogenated alkanes) is 14. The van der Waals surface area contributed by atoms with Crippen LogP contribution in [0.25, 0.3) is 0 Å². The molecule has 1 atom stereocenters. The summed E-state index contributed by atoms with van der Waals surface area (Å²) in [6.45, 7) is 5.58. The molecule has 4 N–H and O–H groups in total. The van der Waals surface area contributed by atoms with Crippen molar-refractivity contribution in [1.82, 2.24) is 11.5 Å². The van der Waals surface area contributed by atoms with Crippen LogP contribution in [0.3, 0.4) is 0 Å². The van der Waals surface area contributed by atoms with Gasteiger partial charge in [0.25, 0.3) is 0 Å². The minimum atomic E-state index is -4.05. The molecule has 1 unspecified atom stereocenters. The fourth-order valence-electron chi connectivity index (χ4n) is 3.42. The van der Waals surface area contributed by atoms with Gasteiger partial charge in [-0.15, -0.1) is 0 Å². The van der Waals surface area contributed by atoms with Gasteiger partial charge < -0.3 is 11.5 Å². The maximum atomic E-state index is 12.0. The number of amides is 1. The number of carbonyl (C=O) groups is 1. The minimum absolute atomic E-state index is 0. The monoisotopic (exact) mass is 466 g/mol. The molecule has 0 aromatic carbocycles. The lowest BCUT2D eigenvalue weighted by atomic mass is 10.0. The third-order valence-corrected chi connectivity index (χ3v) is 6.19. The van der Waals surface area contributed by atoms with Crippen molar-refractivity contribution >= 4 is 16.3 Å². The second kappa shape index (κ2) is 22.5. The summed E-state index contributed by atoms with van der Waals surface area (Å²) in [7, 11) is -4.05. The lowest BCUT2D eigenvalue weighted by Crippen LogP contribution is -2.38. The van der Waals surface area contributed by atoms with Crippen LogP contribution in [0.5, 0.6) is 0 Å². The SMILES string of the molecule is CCCCCCCCCCCCCCCCCC(=O)NC(CC)OS(=O)(=O)OCC.N. The first-order chi connectivity index (χ1) is 14.4. The fourth-order valence-corrected chi connectivity index (χ4v) is 4.23. The molecule has 7 nitrogen and oxygen atoms in total. The zero-order valence-electron chi connectivity index (χ0n) is 20.5. The predicted molar refractivity (Wildman–Crippen MR) is 128 cm³/mol. The molecule has 0 saturated heterocycles. The van der Waals surface area contributed by atoms with Crippen LogP contribution in [0.2, 0.25) is 0 Å². The summed E-state index contributed by atoms with van der Waals surface area (Å²) in [6, 6.07) is 0. The maximum absolute atomic E-state index is 12.0. The smallest absolute Gasteiger partial charge is 0.344 e. The highest BCUT2D eigenvalue weighted by Gasteiger charge is 2.20. The van der Waals surface area contributed by atoms with E-state index in [0.29, 0.717) is 12.8 Å². The molecule has 8 heteroatoms. The van der Waals surface area contributed by atoms with Crippen molar-refractivity contribution in [3.05, 3.63) is 0 Å². The summed E-state index contributed by atoms with van der Waals surface area (Å²) in [6.07, 6.45) is 19.1. The van der Waals surface area contributed by atoms with Crippen LogP contribution in [-0.2, 0) is 23.6 Å². The molecule has 0 bridgehead atoms. The Morgan fingerprint density at radius 1 is 0.742 bits per heavy atom. The van der Waals surface area contributed by atoms with Gasteiger partial charge in [-0.3, -0.25) is 4.79 Å². The molecule has 0 fully saturated rings. The van der Waals surface area contributed by atoms with Gasteiger partial charge in [0, 0.05) is 6.42 Å². The van der Waals surface area contributed by atoms with Gasteiger partial charge in [-0.2, -0.15) is 8.42 Å². The number of hydrogen-bond donors (Lipinski definition) is 2. The van der Waals surface area contributed by atoms with Gasteiger partial charge in [0.2, 0.25) is 5.91 Å². The number of rotatable bonds is 22. The Balaban J connectivity index is 0. The first-order valence-corrected chi connectivity index (χ1v) is 13.7. The standard InChI is InChI=1S/C23H47NO5S.H3N/c1-4-7-8-9-10-11-12-13-14-15-16-17-18-19-20-21-22(25)24-23(5-2)29-30(26,27)28-6-3;/h23H,4-21H2,1-3H3,(H,24,25);1H3. The normalized spacial score (nSPS) is 12.4. The quantitative estimate of drug-likeness (QED) is 0.138. The summed E-state index contributed by atoms with van der Waals surface area (Å²) in [5.74, 6) is -0.178. The molecule has 188 valence electrons. The highest BCUT2D eigenvalue weighted by molar-refractivity contribution is 7.81. The van der Waals surface area contributed by atoms with Gasteiger partial charge in [0.1, 0.15) is 0 Å². The fraction of sp³-hybridized carbons (Fsp3) is 0.957. The van der Waals surface area contributed by atoms with Crippen LogP contribution in [0.4, 0.5) is 0 Å². The summed E-state index contributed by atoms with van der Waals surface area (Å²) in [5, 5.41) is 2.61. The molecule has 0 heterocycles. The number of nitrogens with one attached hydrogen (secondary N) is 1. The van der Waals surface area contributed by atoms with E-state index < -0.39 is 16.6 Å². The highest BCUT2D eigenvalue weighted by Crippen LogP contribution is 2.14. The van der Waals surface area contributed by atoms with Crippen molar-refractivity contribution in [3.8, 4) is 0 Å². The van der Waals surface area contributed by atoms with Crippen LogP contribution >= 0.6 is 0 Å². The van der Waals surface area contributed by atoms with Crippen molar-refractivity contribution in [1.29, 1.82) is 0 Å². The van der Waals surface area contributed by atoms with Crippen LogP contribution in [-0.4, -0.2) is 27.2 Å². The molecule has 0 radical (unpaired) electrons. The van der Waals surface area contributed by atoms with Gasteiger partial charge >= 0.3 is 10.4 Å². The Bertz CT molecular complexity index is 500. The van der Waals surface area contributed by atoms with Crippen LogP contribution < -0.4 is 11.5 Å². The van der Waals surface area contributed by atoms with E-state index in [-0.39, 0.29) is 18.7 Å². The minimum Gasteiger partial charge on any atom is -0.344 e. The van der Waals surface area contributed by atoms with Crippen LogP contribution in [0.1, 0.15) is 130 Å². The second-order valence-corrected chi connectivity index (χ2v) is 9.32. The molecule has 1 amide bonds. The van der Waals surface area contributed by atoms with E-state index in [1.165, 1.54) is 77.0 Å². The van der Waals surface area contributed by atoms with E-state index in [4.69, 9.17) is 4.18 Å². The summed E-state index contributed by atoms with van der Waals surface area (Å²) >= 11 is 0. The van der Waals surface area contributed by atoms with Gasteiger partial charge in [-0.1, -0.05) is 104 Å². The van der Waals surface area contributed by atoms with E-state index in [1.807, 2.05) is 0 Å². The van der Waals surface area contributed by atoms with E-state index in [1.54, 1.807) is 13.8 Å². The van der Waals surface area contributed by atoms with Crippen molar-refractivity contribution in [2.24, 2.45) is 0 Å². The largest absolute Gasteiger partial charge is 0.401 e. The molecule has 0 aliphatic heterocycles. The van der Waals surface area contributed by atoms with Crippen molar-refractivity contribution in [3.63, 3.8) is 0 Å². The Labute approximate surface area is 192 Å². The van der Waals surface area contributed by atoms with Crippen LogP contribution in [0.15, 0.2) is 0 Å². The average molecular weight is 467 g/mol. The number of carbonyl (C=O) groups excluding carboxylic acids is 1. The molecule has 0 aliphatic rings. The van der Waals surface area contributed by atoms with Gasteiger partial charge in [-0.05, 0) is 19.8 Å². The molecular weight excluding hydrogens is 416 g/mol. The van der Waals surface area contributed by atoms with Crippen molar-refractivity contribution < 1.29 is 21.6 Å². The Morgan fingerprint density at radius 3 is 1.55 bits per heavy atom. The maximum Gasteiger partial charge on any atom is 0.401 e. The molecule has 0 rings (SSSR count). The predicted octanol–water partition coefficient (Wildman–Crippen LogP) is 6.56. The third-order valence-electron chi connectivity index (χ3n) is 5.20. The van der Waals surface area contributed by atoms with E-state index in [0.717, 1.165) is 19.3 Å². The molecule has 0 aliphatic carbocycles. The van der Waals surface area contributed by atoms with Crippen LogP contribution in [0, 0.1) is 0 Å². The van der Waals surface area contributed by atoms with Gasteiger partial charge in [-0.25, -0.2) is 8.37 Å². The Kier molecular flexibility index (Phi) is 23.6. The summed E-state index contributed by atoms with van der Waals surface area (Å²) < 4.78 is 32.4. The van der Waals surface area contributed by atoms with E-state index in [2.05, 4.69) is 16.4 Å². The molecule has 0 aromatic heterocycles. The van der Waals surface area contributed by atoms with E-state index >= 15 is 0 Å². The molecule has 31 heavy (non-hydrogen) atoms. The van der Waals surface area contributed by atoms with E-state index in [9.17, 15) is 13.2 Å². The first kappa shape index (κ1) is 32.5. The lowest BCUT2D eigenvalue weighted by Gasteiger charge is -2.16. The summed E-state index contributed by atoms with van der Waals surface area (Å²) in [4.78, 5) is 12.0. The number of hydrogen-bond acceptors (Lipinski definition) is 6. The molecule has 0 saturated carbocycles. The van der Waals surface area contributed by atoms with Gasteiger partial charge in [0.15, 0.2) is 6.23 Å². The molecular formula is C23H50N2O5S. The second-order valence-electron chi connectivity index (χ2n) is 8.08. The first-order valence-electron chi connectivity index (χ1n) is 12.3. The van der Waals surface area contributed by atoms with Gasteiger partial charge in [0.05, 0.1) is 6.61 Å². The third kappa shape index (κ3) is 22.3. The Hall–Kier alpha value is -0.700. The van der Waals surface area contributed by atoms with Crippen molar-refractivity contribution in [2.45, 2.75) is 136 Å². The molecule has 0 aromatic rings. The lowest BCUT2D eigenvalue weighted by molar-refractivity contribution is -0.123. The Morgan fingerprint density at radius 2 is 1.16 bits per heavy atom. The summed E-state index contributed by atoms with van der Waals surface area (Å²) in [5.41, 5.74) is 0. The topological polar surface area (TPSA) is 117 Å². The van der Waals surface area contributed by atoms with Crippen molar-refractivity contribution in [2.75, 3.05) is 6.61 Å².